The third kappa shape index (κ3) is 1.91. The summed E-state index contributed by atoms with van der Waals surface area (Å²) in [4.78, 5) is 15.4. The van der Waals surface area contributed by atoms with Crippen LogP contribution in [0.3, 0.4) is 0 Å². The normalized spacial score (nSPS) is 22.4. The van der Waals surface area contributed by atoms with E-state index in [0.717, 1.165) is 32.1 Å². The zero-order chi connectivity index (χ0) is 10.1. The summed E-state index contributed by atoms with van der Waals surface area (Å²) < 4.78 is 0. The quantitative estimate of drug-likeness (QED) is 0.656. The lowest BCUT2D eigenvalue weighted by molar-refractivity contribution is -0.130. The summed E-state index contributed by atoms with van der Waals surface area (Å²) in [5.74, 6) is 0.945. The van der Waals surface area contributed by atoms with Crippen LogP contribution in [0.25, 0.3) is 0 Å². The van der Waals surface area contributed by atoms with Gasteiger partial charge in [0.05, 0.1) is 0 Å². The lowest BCUT2D eigenvalue weighted by Crippen LogP contribution is -2.47. The van der Waals surface area contributed by atoms with Gasteiger partial charge in [-0.1, -0.05) is 6.58 Å². The molecule has 0 atom stereocenters. The fourth-order valence-corrected chi connectivity index (χ4v) is 1.98. The molecule has 0 bridgehead atoms. The molecule has 3 heteroatoms. The average Bonchev–Trinajstić information content (AvgIpc) is 3.00. The van der Waals surface area contributed by atoms with Gasteiger partial charge in [0.1, 0.15) is 0 Å². The van der Waals surface area contributed by atoms with Gasteiger partial charge in [-0.25, -0.2) is 0 Å². The molecule has 0 radical (unpaired) electrons. The van der Waals surface area contributed by atoms with Crippen molar-refractivity contribution in [2.75, 3.05) is 26.2 Å². The zero-order valence-corrected chi connectivity index (χ0v) is 8.83. The second-order valence-corrected chi connectivity index (χ2v) is 4.26. The van der Waals surface area contributed by atoms with E-state index in [1.807, 2.05) is 4.90 Å². The van der Waals surface area contributed by atoms with Gasteiger partial charge in [0.15, 0.2) is 0 Å². The molecule has 14 heavy (non-hydrogen) atoms. The molecule has 3 nitrogen and oxygen atoms in total. The number of nitrogens with zero attached hydrogens (tertiary/aromatic N) is 2. The fourth-order valence-electron chi connectivity index (χ4n) is 1.98. The first-order chi connectivity index (χ1) is 6.68. The number of piperazine rings is 1. The van der Waals surface area contributed by atoms with E-state index in [1.165, 1.54) is 18.5 Å². The molecule has 1 heterocycles. The second kappa shape index (κ2) is 3.64. The molecule has 2 fully saturated rings. The largest absolute Gasteiger partial charge is 0.372 e. The van der Waals surface area contributed by atoms with Gasteiger partial charge in [0.2, 0.25) is 5.91 Å². The third-order valence-corrected chi connectivity index (χ3v) is 3.18. The third-order valence-electron chi connectivity index (χ3n) is 3.18. The number of carbonyl (C=O) groups is 1. The van der Waals surface area contributed by atoms with Crippen molar-refractivity contribution in [1.82, 2.24) is 9.80 Å². The molecular formula is C11H18N2O. The highest BCUT2D eigenvalue weighted by atomic mass is 16.2. The van der Waals surface area contributed by atoms with Crippen LogP contribution in [0.5, 0.6) is 0 Å². The summed E-state index contributed by atoms with van der Waals surface area (Å²) in [6.07, 6.45) is 2.62. The highest BCUT2D eigenvalue weighted by molar-refractivity contribution is 5.73. The molecular weight excluding hydrogens is 176 g/mol. The van der Waals surface area contributed by atoms with Crippen LogP contribution < -0.4 is 0 Å². The second-order valence-electron chi connectivity index (χ2n) is 4.26. The Bertz CT molecular complexity index is 250. The Balaban J connectivity index is 1.83. The Morgan fingerprint density at radius 3 is 2.07 bits per heavy atom. The topological polar surface area (TPSA) is 23.6 Å². The summed E-state index contributed by atoms with van der Waals surface area (Å²) in [6, 6.07) is 0. The van der Waals surface area contributed by atoms with E-state index in [4.69, 9.17) is 0 Å². The molecule has 0 spiro atoms. The summed E-state index contributed by atoms with van der Waals surface area (Å²) >= 11 is 0. The van der Waals surface area contributed by atoms with Crippen molar-refractivity contribution in [3.05, 3.63) is 12.3 Å². The van der Waals surface area contributed by atoms with E-state index in [9.17, 15) is 4.79 Å². The Labute approximate surface area is 85.4 Å². The van der Waals surface area contributed by atoms with Gasteiger partial charge in [-0.3, -0.25) is 4.79 Å². The van der Waals surface area contributed by atoms with Crippen molar-refractivity contribution in [3.63, 3.8) is 0 Å². The van der Waals surface area contributed by atoms with E-state index < -0.39 is 0 Å². The van der Waals surface area contributed by atoms with Crippen LogP contribution in [-0.2, 0) is 4.79 Å². The highest BCUT2D eigenvalue weighted by Gasteiger charge is 2.29. The van der Waals surface area contributed by atoms with Crippen molar-refractivity contribution < 1.29 is 4.79 Å². The minimum atomic E-state index is 0.196. The van der Waals surface area contributed by atoms with E-state index >= 15 is 0 Å². The number of hydrogen-bond acceptors (Lipinski definition) is 2. The van der Waals surface area contributed by atoms with Gasteiger partial charge in [0.25, 0.3) is 0 Å². The van der Waals surface area contributed by atoms with Gasteiger partial charge >= 0.3 is 0 Å². The van der Waals surface area contributed by atoms with Gasteiger partial charge in [-0.05, 0) is 18.8 Å². The van der Waals surface area contributed by atoms with Crippen molar-refractivity contribution in [3.8, 4) is 0 Å². The van der Waals surface area contributed by atoms with Crippen LogP contribution in [0.15, 0.2) is 12.3 Å². The lowest BCUT2D eigenvalue weighted by atomic mass is 10.2. The Morgan fingerprint density at radius 2 is 1.64 bits per heavy atom. The fraction of sp³-hybridized carbons (Fsp3) is 0.727. The minimum Gasteiger partial charge on any atom is -0.372 e. The van der Waals surface area contributed by atoms with Crippen LogP contribution in [0.2, 0.25) is 0 Å². The maximum Gasteiger partial charge on any atom is 0.219 e. The Kier molecular flexibility index (Phi) is 2.48. The molecule has 2 aliphatic rings. The smallest absolute Gasteiger partial charge is 0.219 e. The molecule has 0 N–H and O–H groups in total. The molecule has 1 saturated carbocycles. The predicted molar refractivity (Wildman–Crippen MR) is 55.7 cm³/mol. The van der Waals surface area contributed by atoms with Crippen LogP contribution in [-0.4, -0.2) is 41.9 Å². The molecule has 1 aliphatic heterocycles. The summed E-state index contributed by atoms with van der Waals surface area (Å²) in [6.45, 7) is 9.44. The van der Waals surface area contributed by atoms with Crippen molar-refractivity contribution in [2.45, 2.75) is 19.8 Å². The number of carbonyl (C=O) groups excluding carboxylic acids is 1. The Morgan fingerprint density at radius 1 is 1.14 bits per heavy atom. The van der Waals surface area contributed by atoms with E-state index in [-0.39, 0.29) is 5.91 Å². The molecule has 0 unspecified atom stereocenters. The molecule has 78 valence electrons. The van der Waals surface area contributed by atoms with Crippen molar-refractivity contribution in [2.24, 2.45) is 5.92 Å². The predicted octanol–water partition coefficient (Wildman–Crippen LogP) is 1.07. The van der Waals surface area contributed by atoms with E-state index in [2.05, 4.69) is 11.5 Å². The highest BCUT2D eigenvalue weighted by Crippen LogP contribution is 2.37. The lowest BCUT2D eigenvalue weighted by Gasteiger charge is -2.36. The van der Waals surface area contributed by atoms with Gasteiger partial charge < -0.3 is 9.80 Å². The number of rotatable bonds is 2. The SMILES string of the molecule is C=C(C1CC1)N1CCN(C(C)=O)CC1. The van der Waals surface area contributed by atoms with Gasteiger partial charge in [-0.15, -0.1) is 0 Å². The van der Waals surface area contributed by atoms with Crippen LogP contribution >= 0.6 is 0 Å². The van der Waals surface area contributed by atoms with E-state index in [1.54, 1.807) is 6.92 Å². The molecule has 1 saturated heterocycles. The monoisotopic (exact) mass is 194 g/mol. The standard InChI is InChI=1S/C11H18N2O/c1-9(11-3-4-11)12-5-7-13(8-6-12)10(2)14/h11H,1,3-8H2,2H3. The van der Waals surface area contributed by atoms with Crippen LogP contribution in [0.4, 0.5) is 0 Å². The molecule has 0 aromatic heterocycles. The van der Waals surface area contributed by atoms with Crippen LogP contribution in [0, 0.1) is 5.92 Å². The molecule has 1 amide bonds. The van der Waals surface area contributed by atoms with Crippen molar-refractivity contribution >= 4 is 5.91 Å². The summed E-state index contributed by atoms with van der Waals surface area (Å²) in [5.41, 5.74) is 1.30. The zero-order valence-electron chi connectivity index (χ0n) is 8.83. The maximum absolute atomic E-state index is 11.1. The maximum atomic E-state index is 11.1. The molecule has 0 aromatic carbocycles. The summed E-state index contributed by atoms with van der Waals surface area (Å²) in [5, 5.41) is 0. The first-order valence-electron chi connectivity index (χ1n) is 5.37. The van der Waals surface area contributed by atoms with Crippen LogP contribution in [0.1, 0.15) is 19.8 Å². The molecule has 2 rings (SSSR count). The van der Waals surface area contributed by atoms with Gasteiger partial charge in [-0.2, -0.15) is 0 Å². The molecule has 0 aromatic rings. The molecule has 1 aliphatic carbocycles. The number of amides is 1. The average molecular weight is 194 g/mol. The summed E-state index contributed by atoms with van der Waals surface area (Å²) in [7, 11) is 0. The van der Waals surface area contributed by atoms with E-state index in [0.29, 0.717) is 0 Å². The number of hydrogen-bond donors (Lipinski definition) is 0. The first kappa shape index (κ1) is 9.56. The Hall–Kier alpha value is -0.990. The van der Waals surface area contributed by atoms with Crippen molar-refractivity contribution in [1.29, 1.82) is 0 Å². The minimum absolute atomic E-state index is 0.196. The van der Waals surface area contributed by atoms with Gasteiger partial charge in [0, 0.05) is 38.8 Å². The first-order valence-corrected chi connectivity index (χ1v) is 5.37. The number of allylic oxidation sites excluding steroid dienone is 1.